The third-order valence-corrected chi connectivity index (χ3v) is 4.21. The van der Waals surface area contributed by atoms with Crippen LogP contribution in [0.5, 0.6) is 0 Å². The molecule has 0 radical (unpaired) electrons. The van der Waals surface area contributed by atoms with Crippen molar-refractivity contribution >= 4 is 21.1 Å². The minimum atomic E-state index is -0.228. The molecule has 2 rings (SSSR count). The van der Waals surface area contributed by atoms with Crippen molar-refractivity contribution in [1.82, 2.24) is 0 Å². The third kappa shape index (κ3) is 2.52. The Balaban J connectivity index is 2.31. The average molecular weight is 227 g/mol. The van der Waals surface area contributed by atoms with Crippen molar-refractivity contribution in [3.8, 4) is 0 Å². The molecule has 0 saturated heterocycles. The normalized spacial score (nSPS) is 10.8. The van der Waals surface area contributed by atoms with Crippen molar-refractivity contribution in [2.45, 2.75) is 13.0 Å². The van der Waals surface area contributed by atoms with E-state index in [1.807, 2.05) is 0 Å². The summed E-state index contributed by atoms with van der Waals surface area (Å²) < 4.78 is 2.49. The second-order valence-corrected chi connectivity index (χ2v) is 5.90. The Bertz CT molecular complexity index is 374. The van der Waals surface area contributed by atoms with Gasteiger partial charge in [0, 0.05) is 11.4 Å². The lowest BCUT2D eigenvalue weighted by atomic mass is 10.3. The van der Waals surface area contributed by atoms with Gasteiger partial charge in [-0.05, 0) is 30.3 Å². The molecule has 0 atom stereocenters. The molecular formula is C14H17NSi. The number of nitrogens with zero attached hydrogens (tertiary/aromatic N) is 1. The molecule has 16 heavy (non-hydrogen) atoms. The maximum atomic E-state index is 2.49. The van der Waals surface area contributed by atoms with Gasteiger partial charge in [0.25, 0.3) is 0 Å². The van der Waals surface area contributed by atoms with Crippen molar-refractivity contribution in [3.05, 3.63) is 60.7 Å². The molecule has 0 amide bonds. The molecule has 2 aromatic rings. The first kappa shape index (κ1) is 11.0. The van der Waals surface area contributed by atoms with Gasteiger partial charge in [-0.1, -0.05) is 43.3 Å². The SMILES string of the molecule is CC[SiH2]N(c1ccccc1)c1ccccc1. The Labute approximate surface area is 99.6 Å². The van der Waals surface area contributed by atoms with Crippen LogP contribution in [0.4, 0.5) is 11.4 Å². The van der Waals surface area contributed by atoms with Crippen LogP contribution in [0.25, 0.3) is 0 Å². The predicted molar refractivity (Wildman–Crippen MR) is 74.0 cm³/mol. The first-order valence-electron chi connectivity index (χ1n) is 5.79. The predicted octanol–water partition coefficient (Wildman–Crippen LogP) is 3.35. The van der Waals surface area contributed by atoms with E-state index in [1.165, 1.54) is 17.4 Å². The fourth-order valence-electron chi connectivity index (χ4n) is 1.85. The lowest BCUT2D eigenvalue weighted by Gasteiger charge is -2.24. The Kier molecular flexibility index (Phi) is 3.78. The fourth-order valence-corrected chi connectivity index (χ4v) is 3.23. The van der Waals surface area contributed by atoms with Crippen LogP contribution in [0.1, 0.15) is 6.92 Å². The minimum Gasteiger partial charge on any atom is -0.375 e. The standard InChI is InChI=1S/C14H17NSi/c1-2-16-15(13-9-5-3-6-10-13)14-11-7-4-8-12-14/h3-12H,2,16H2,1H3. The van der Waals surface area contributed by atoms with Crippen LogP contribution >= 0.6 is 0 Å². The largest absolute Gasteiger partial charge is 0.375 e. The summed E-state index contributed by atoms with van der Waals surface area (Å²) in [4.78, 5) is 0. The topological polar surface area (TPSA) is 3.24 Å². The highest BCUT2D eigenvalue weighted by atomic mass is 28.2. The summed E-state index contributed by atoms with van der Waals surface area (Å²) in [6, 6.07) is 22.6. The highest BCUT2D eigenvalue weighted by Gasteiger charge is 2.06. The Morgan fingerprint density at radius 1 is 0.812 bits per heavy atom. The van der Waals surface area contributed by atoms with Crippen molar-refractivity contribution in [3.63, 3.8) is 0 Å². The molecule has 0 spiro atoms. The Morgan fingerprint density at radius 3 is 1.62 bits per heavy atom. The van der Waals surface area contributed by atoms with Gasteiger partial charge in [-0.2, -0.15) is 0 Å². The zero-order chi connectivity index (χ0) is 11.2. The lowest BCUT2D eigenvalue weighted by Crippen LogP contribution is -2.20. The van der Waals surface area contributed by atoms with Crippen LogP contribution in [0.3, 0.4) is 0 Å². The highest BCUT2D eigenvalue weighted by molar-refractivity contribution is 6.43. The molecule has 2 heteroatoms. The lowest BCUT2D eigenvalue weighted by molar-refractivity contribution is 1.33. The van der Waals surface area contributed by atoms with Crippen molar-refractivity contribution in [2.75, 3.05) is 4.57 Å². The zero-order valence-electron chi connectivity index (χ0n) is 9.63. The molecule has 0 aliphatic carbocycles. The minimum absolute atomic E-state index is 0.228. The molecule has 0 bridgehead atoms. The first-order valence-corrected chi connectivity index (χ1v) is 7.42. The van der Waals surface area contributed by atoms with E-state index in [9.17, 15) is 0 Å². The summed E-state index contributed by atoms with van der Waals surface area (Å²) in [6.45, 7) is 2.27. The maximum Gasteiger partial charge on any atom is 0.130 e. The van der Waals surface area contributed by atoms with Gasteiger partial charge >= 0.3 is 0 Å². The number of hydrogen-bond donors (Lipinski definition) is 0. The summed E-state index contributed by atoms with van der Waals surface area (Å²) in [7, 11) is -0.228. The van der Waals surface area contributed by atoms with Crippen LogP contribution < -0.4 is 4.57 Å². The molecule has 0 unspecified atom stereocenters. The summed E-state index contributed by atoms with van der Waals surface area (Å²) in [5.74, 6) is 0. The van der Waals surface area contributed by atoms with Gasteiger partial charge in [0.2, 0.25) is 0 Å². The van der Waals surface area contributed by atoms with E-state index >= 15 is 0 Å². The number of benzene rings is 2. The Morgan fingerprint density at radius 2 is 1.25 bits per heavy atom. The monoisotopic (exact) mass is 227 g/mol. The number of rotatable bonds is 4. The number of hydrogen-bond acceptors (Lipinski definition) is 1. The molecule has 0 saturated carbocycles. The molecule has 0 aromatic heterocycles. The van der Waals surface area contributed by atoms with Gasteiger partial charge in [-0.15, -0.1) is 0 Å². The second-order valence-electron chi connectivity index (χ2n) is 3.82. The van der Waals surface area contributed by atoms with Gasteiger partial charge in [0.1, 0.15) is 9.68 Å². The van der Waals surface area contributed by atoms with Crippen LogP contribution in [-0.4, -0.2) is 9.68 Å². The highest BCUT2D eigenvalue weighted by Crippen LogP contribution is 2.23. The van der Waals surface area contributed by atoms with Crippen LogP contribution in [-0.2, 0) is 0 Å². The number of para-hydroxylation sites is 2. The zero-order valence-corrected chi connectivity index (χ0v) is 11.0. The number of anilines is 2. The van der Waals surface area contributed by atoms with E-state index in [1.54, 1.807) is 0 Å². The van der Waals surface area contributed by atoms with E-state index < -0.39 is 0 Å². The van der Waals surface area contributed by atoms with Gasteiger partial charge in [0.15, 0.2) is 0 Å². The van der Waals surface area contributed by atoms with Crippen molar-refractivity contribution in [1.29, 1.82) is 0 Å². The smallest absolute Gasteiger partial charge is 0.130 e. The van der Waals surface area contributed by atoms with Crippen LogP contribution in [0.2, 0.25) is 6.04 Å². The molecule has 0 aliphatic heterocycles. The molecule has 0 aliphatic rings. The molecule has 0 N–H and O–H groups in total. The summed E-state index contributed by atoms with van der Waals surface area (Å²) >= 11 is 0. The third-order valence-electron chi connectivity index (χ3n) is 2.58. The first-order chi connectivity index (χ1) is 7.92. The average Bonchev–Trinajstić information content (AvgIpc) is 2.38. The summed E-state index contributed by atoms with van der Waals surface area (Å²) in [6.07, 6.45) is 0. The van der Waals surface area contributed by atoms with Gasteiger partial charge in [-0.3, -0.25) is 0 Å². The Hall–Kier alpha value is -1.54. The van der Waals surface area contributed by atoms with Crippen LogP contribution in [0, 0.1) is 0 Å². The van der Waals surface area contributed by atoms with Gasteiger partial charge in [0.05, 0.1) is 0 Å². The van der Waals surface area contributed by atoms with Crippen molar-refractivity contribution in [2.24, 2.45) is 0 Å². The maximum absolute atomic E-state index is 2.49. The van der Waals surface area contributed by atoms with E-state index in [-0.39, 0.29) is 9.68 Å². The van der Waals surface area contributed by atoms with E-state index in [2.05, 4.69) is 72.2 Å². The van der Waals surface area contributed by atoms with Crippen LogP contribution in [0.15, 0.2) is 60.7 Å². The summed E-state index contributed by atoms with van der Waals surface area (Å²) in [5.41, 5.74) is 2.64. The van der Waals surface area contributed by atoms with E-state index in [0.29, 0.717) is 0 Å². The molecule has 0 heterocycles. The van der Waals surface area contributed by atoms with Gasteiger partial charge in [-0.25, -0.2) is 0 Å². The molecular weight excluding hydrogens is 210 g/mol. The van der Waals surface area contributed by atoms with E-state index in [4.69, 9.17) is 0 Å². The molecule has 1 nitrogen and oxygen atoms in total. The van der Waals surface area contributed by atoms with Gasteiger partial charge < -0.3 is 4.57 Å². The van der Waals surface area contributed by atoms with E-state index in [0.717, 1.165) is 0 Å². The quantitative estimate of drug-likeness (QED) is 0.724. The molecule has 82 valence electrons. The molecule has 2 aromatic carbocycles. The fraction of sp³-hybridized carbons (Fsp3) is 0.143. The molecule has 0 fully saturated rings. The van der Waals surface area contributed by atoms with Crippen molar-refractivity contribution < 1.29 is 0 Å². The summed E-state index contributed by atoms with van der Waals surface area (Å²) in [5, 5.41) is 0. The second kappa shape index (κ2) is 5.52.